The average Bonchev–Trinajstić information content (AvgIpc) is 1.67. The first-order valence-corrected chi connectivity index (χ1v) is 4.76. The van der Waals surface area contributed by atoms with E-state index in [9.17, 15) is 9.59 Å². The predicted octanol–water partition coefficient (Wildman–Crippen LogP) is 0.0752. The van der Waals surface area contributed by atoms with Crippen molar-refractivity contribution in [2.75, 3.05) is 0 Å². The Bertz CT molecular complexity index is 114. The second-order valence-corrected chi connectivity index (χ2v) is 2.56. The lowest BCUT2D eigenvalue weighted by Crippen LogP contribution is -2.20. The maximum Gasteiger partial charge on any atom is 0.290 e. The van der Waals surface area contributed by atoms with Crippen molar-refractivity contribution in [3.63, 3.8) is 0 Å². The van der Waals surface area contributed by atoms with Crippen molar-refractivity contribution in [2.45, 2.75) is 6.92 Å². The second-order valence-electron chi connectivity index (χ2n) is 1.15. The Morgan fingerprint density at radius 3 is 2.25 bits per heavy atom. The minimum atomic E-state index is -0.515. The summed E-state index contributed by atoms with van der Waals surface area (Å²) < 4.78 is 0. The fourth-order valence-electron chi connectivity index (χ4n) is 0.154. The molecule has 2 unspecified atom stereocenters. The van der Waals surface area contributed by atoms with Crippen molar-refractivity contribution in [1.29, 1.82) is 0 Å². The minimum Gasteiger partial charge on any atom is -0.328 e. The van der Waals surface area contributed by atoms with E-state index in [1.54, 1.807) is 0 Å². The van der Waals surface area contributed by atoms with Crippen molar-refractivity contribution >= 4 is 29.0 Å². The second kappa shape index (κ2) is 3.94. The molecule has 8 heavy (non-hydrogen) atoms. The summed E-state index contributed by atoms with van der Waals surface area (Å²) >= 11 is 0. The van der Waals surface area contributed by atoms with Crippen molar-refractivity contribution in [2.24, 2.45) is 0 Å². The summed E-state index contributed by atoms with van der Waals surface area (Å²) in [5.41, 5.74) is 0. The van der Waals surface area contributed by atoms with E-state index < -0.39 is 11.7 Å². The van der Waals surface area contributed by atoms with Crippen molar-refractivity contribution < 1.29 is 9.59 Å². The molecule has 0 saturated heterocycles. The molecule has 5 heteroatoms. The molecule has 2 atom stereocenters. The normalized spacial score (nSPS) is 9.75. The molecule has 0 saturated carbocycles. The Morgan fingerprint density at radius 1 is 1.62 bits per heavy atom. The SMILES string of the molecule is CC(=O)C(=O)NPP. The zero-order valence-corrected chi connectivity index (χ0v) is 6.55. The molecule has 1 N–H and O–H groups in total. The number of hydrogen-bond acceptors (Lipinski definition) is 2. The molecule has 46 valence electrons. The summed E-state index contributed by atoms with van der Waals surface area (Å²) in [4.78, 5) is 20.4. The maximum atomic E-state index is 10.3. The zero-order chi connectivity index (χ0) is 6.57. The van der Waals surface area contributed by atoms with Crippen LogP contribution in [-0.2, 0) is 9.59 Å². The van der Waals surface area contributed by atoms with Gasteiger partial charge in [-0.05, 0) is 8.42 Å². The van der Waals surface area contributed by atoms with Gasteiger partial charge in [-0.25, -0.2) is 0 Å². The lowest BCUT2D eigenvalue weighted by Gasteiger charge is -1.92. The third-order valence-electron chi connectivity index (χ3n) is 0.505. The topological polar surface area (TPSA) is 46.2 Å². The van der Waals surface area contributed by atoms with Crippen molar-refractivity contribution in [3.05, 3.63) is 0 Å². The van der Waals surface area contributed by atoms with Crippen LogP contribution in [0.15, 0.2) is 0 Å². The molecule has 0 rings (SSSR count). The zero-order valence-electron chi connectivity index (χ0n) is 4.39. The van der Waals surface area contributed by atoms with Crippen LogP contribution in [0, 0.1) is 0 Å². The van der Waals surface area contributed by atoms with E-state index in [1.807, 2.05) is 0 Å². The highest BCUT2D eigenvalue weighted by atomic mass is 32.0. The van der Waals surface area contributed by atoms with Gasteiger partial charge >= 0.3 is 0 Å². The number of carbonyl (C=O) groups excluding carboxylic acids is 2. The van der Waals surface area contributed by atoms with E-state index in [4.69, 9.17) is 0 Å². The minimum absolute atomic E-state index is 0.227. The van der Waals surface area contributed by atoms with E-state index in [-0.39, 0.29) is 8.42 Å². The van der Waals surface area contributed by atoms with Gasteiger partial charge in [-0.2, -0.15) is 0 Å². The summed E-state index contributed by atoms with van der Waals surface area (Å²) in [5, 5.41) is 2.35. The molecule has 0 aromatic carbocycles. The highest BCUT2D eigenvalue weighted by molar-refractivity contribution is 8.02. The summed E-state index contributed by atoms with van der Waals surface area (Å²) in [6.45, 7) is 1.24. The molecule has 0 heterocycles. The number of amides is 1. The smallest absolute Gasteiger partial charge is 0.290 e. The van der Waals surface area contributed by atoms with E-state index in [1.165, 1.54) is 6.92 Å². The highest BCUT2D eigenvalue weighted by Crippen LogP contribution is 2.12. The number of Topliss-reactive ketones (excluding diaryl/α,β-unsaturated/α-hetero) is 1. The van der Waals surface area contributed by atoms with E-state index in [2.05, 4.69) is 14.0 Å². The standard InChI is InChI=1S/C3H7NO2P2/c1-2(5)3(6)4-8-7/h8H,7H2,1H3,(H,4,6). The molecule has 0 aliphatic rings. The van der Waals surface area contributed by atoms with E-state index >= 15 is 0 Å². The molecule has 0 radical (unpaired) electrons. The van der Waals surface area contributed by atoms with E-state index in [0.717, 1.165) is 0 Å². The van der Waals surface area contributed by atoms with Gasteiger partial charge < -0.3 is 5.09 Å². The third-order valence-corrected chi connectivity index (χ3v) is 1.31. The van der Waals surface area contributed by atoms with Crippen molar-refractivity contribution in [1.82, 2.24) is 5.09 Å². The van der Waals surface area contributed by atoms with E-state index in [0.29, 0.717) is 0 Å². The fraction of sp³-hybridized carbons (Fsp3) is 0.333. The Morgan fingerprint density at radius 2 is 2.12 bits per heavy atom. The van der Waals surface area contributed by atoms with Gasteiger partial charge in [-0.1, -0.05) is 8.93 Å². The van der Waals surface area contributed by atoms with Gasteiger partial charge in [0.15, 0.2) is 0 Å². The highest BCUT2D eigenvalue weighted by Gasteiger charge is 2.02. The number of ketones is 1. The van der Waals surface area contributed by atoms with Gasteiger partial charge in [0.25, 0.3) is 5.91 Å². The lowest BCUT2D eigenvalue weighted by atomic mass is 10.4. The summed E-state index contributed by atoms with van der Waals surface area (Å²) in [6, 6.07) is 0. The average molecular weight is 151 g/mol. The summed E-state index contributed by atoms with van der Waals surface area (Å²) in [6.07, 6.45) is 0. The van der Waals surface area contributed by atoms with Gasteiger partial charge in [0.1, 0.15) is 0 Å². The van der Waals surface area contributed by atoms with Crippen LogP contribution in [0.25, 0.3) is 0 Å². The molecule has 0 aliphatic heterocycles. The van der Waals surface area contributed by atoms with Gasteiger partial charge in [-0.3, -0.25) is 9.59 Å². The van der Waals surface area contributed by atoms with Crippen LogP contribution in [0.2, 0.25) is 0 Å². The monoisotopic (exact) mass is 151 g/mol. The van der Waals surface area contributed by atoms with Gasteiger partial charge in [0.2, 0.25) is 5.78 Å². The summed E-state index contributed by atoms with van der Waals surface area (Å²) in [5.74, 6) is -0.960. The first-order valence-electron chi connectivity index (χ1n) is 1.95. The van der Waals surface area contributed by atoms with Crippen molar-refractivity contribution in [3.8, 4) is 0 Å². The lowest BCUT2D eigenvalue weighted by molar-refractivity contribution is -0.135. The molecule has 0 spiro atoms. The van der Waals surface area contributed by atoms with Gasteiger partial charge in [-0.15, -0.1) is 0 Å². The fourth-order valence-corrected chi connectivity index (χ4v) is 0.854. The van der Waals surface area contributed by atoms with Crippen LogP contribution >= 0.6 is 17.3 Å². The van der Waals surface area contributed by atoms with Gasteiger partial charge in [0.05, 0.1) is 0 Å². The molecule has 0 bridgehead atoms. The first kappa shape index (κ1) is 8.00. The number of hydrogen-bond donors (Lipinski definition) is 1. The van der Waals surface area contributed by atoms with Crippen LogP contribution in [-0.4, -0.2) is 11.7 Å². The van der Waals surface area contributed by atoms with Crippen LogP contribution in [0.1, 0.15) is 6.92 Å². The van der Waals surface area contributed by atoms with Crippen LogP contribution in [0.3, 0.4) is 0 Å². The van der Waals surface area contributed by atoms with Crippen LogP contribution in [0.5, 0.6) is 0 Å². The largest absolute Gasteiger partial charge is 0.328 e. The Balaban J connectivity index is 3.49. The first-order chi connectivity index (χ1) is 3.68. The Kier molecular flexibility index (Phi) is 3.94. The number of nitrogens with one attached hydrogen (secondary N) is 1. The third kappa shape index (κ3) is 3.06. The molecular formula is C3H7NO2P2. The molecule has 0 aliphatic carbocycles. The summed E-state index contributed by atoms with van der Waals surface area (Å²) in [7, 11) is 2.54. The quantitative estimate of drug-likeness (QED) is 0.448. The number of rotatable bonds is 2. The Hall–Kier alpha value is -0.000000000000000111. The predicted molar refractivity (Wildman–Crippen MR) is 36.8 cm³/mol. The van der Waals surface area contributed by atoms with Crippen LogP contribution in [0.4, 0.5) is 0 Å². The Labute approximate surface area is 51.5 Å². The molecule has 1 amide bonds. The molecule has 0 aromatic heterocycles. The maximum absolute atomic E-state index is 10.3. The van der Waals surface area contributed by atoms with Gasteiger partial charge in [0, 0.05) is 6.92 Å². The molecule has 0 aromatic rings. The molecule has 0 fully saturated rings. The molecular weight excluding hydrogens is 144 g/mol. The van der Waals surface area contributed by atoms with Crippen LogP contribution < -0.4 is 5.09 Å². The number of carbonyl (C=O) groups is 2. The molecule has 3 nitrogen and oxygen atoms in total.